The molecule has 0 spiro atoms. The van der Waals surface area contributed by atoms with Gasteiger partial charge in [0.25, 0.3) is 0 Å². The van der Waals surface area contributed by atoms with Crippen LogP contribution in [0, 0.1) is 0 Å². The third kappa shape index (κ3) is 4.01. The molecule has 4 rings (SSSR count). The van der Waals surface area contributed by atoms with Crippen LogP contribution in [0.3, 0.4) is 0 Å². The summed E-state index contributed by atoms with van der Waals surface area (Å²) in [6, 6.07) is 2.23. The maximum atomic E-state index is 13.0. The molecule has 0 amide bonds. The summed E-state index contributed by atoms with van der Waals surface area (Å²) < 4.78 is 46.1. The highest BCUT2D eigenvalue weighted by Gasteiger charge is 2.36. The molecule has 1 N–H and O–H groups in total. The average Bonchev–Trinajstić information content (AvgIpc) is 3.30. The zero-order chi connectivity index (χ0) is 20.6. The zero-order valence-electron chi connectivity index (χ0n) is 15.7. The van der Waals surface area contributed by atoms with Crippen molar-refractivity contribution < 1.29 is 23.0 Å². The first-order valence-corrected chi connectivity index (χ1v) is 10.1. The van der Waals surface area contributed by atoms with Gasteiger partial charge in [-0.25, -0.2) is 4.98 Å². The summed E-state index contributed by atoms with van der Waals surface area (Å²) in [5, 5.41) is 9.80. The number of hydrogen-bond donors (Lipinski definition) is 1. The summed E-state index contributed by atoms with van der Waals surface area (Å²) in [4.78, 5) is 16.6. The fraction of sp³-hybridized carbons (Fsp3) is 0.500. The largest absolute Gasteiger partial charge is 0.463 e. The number of anilines is 1. The van der Waals surface area contributed by atoms with Crippen LogP contribution in [0.1, 0.15) is 29.7 Å². The van der Waals surface area contributed by atoms with Crippen molar-refractivity contribution in [2.75, 3.05) is 24.7 Å². The first kappa shape index (κ1) is 19.9. The first-order chi connectivity index (χ1) is 13.9. The van der Waals surface area contributed by atoms with Gasteiger partial charge < -0.3 is 19.3 Å². The number of rotatable bonds is 6. The molecule has 3 aromatic heterocycles. The smallest absolute Gasteiger partial charge is 0.434 e. The third-order valence-corrected chi connectivity index (χ3v) is 5.85. The molecule has 7 nitrogen and oxygen atoms in total. The number of alkyl halides is 3. The summed E-state index contributed by atoms with van der Waals surface area (Å²) in [6.07, 6.45) is -2.09. The van der Waals surface area contributed by atoms with Crippen molar-refractivity contribution in [2.24, 2.45) is 0 Å². The van der Waals surface area contributed by atoms with Crippen molar-refractivity contribution in [2.45, 2.75) is 39.0 Å². The molecule has 4 heterocycles. The van der Waals surface area contributed by atoms with Crippen molar-refractivity contribution >= 4 is 27.4 Å². The van der Waals surface area contributed by atoms with Gasteiger partial charge >= 0.3 is 12.2 Å². The van der Waals surface area contributed by atoms with E-state index < -0.39 is 11.9 Å². The van der Waals surface area contributed by atoms with Gasteiger partial charge in [0.1, 0.15) is 16.5 Å². The maximum absolute atomic E-state index is 13.0. The third-order valence-electron chi connectivity index (χ3n) is 4.68. The van der Waals surface area contributed by atoms with Gasteiger partial charge in [-0.1, -0.05) is 6.92 Å². The number of aryl methyl sites for hydroxylation is 1. The maximum Gasteiger partial charge on any atom is 0.434 e. The molecule has 1 aliphatic rings. The van der Waals surface area contributed by atoms with Gasteiger partial charge in [-0.05, 0) is 12.5 Å². The van der Waals surface area contributed by atoms with Crippen LogP contribution in [-0.2, 0) is 25.7 Å². The van der Waals surface area contributed by atoms with E-state index in [1.165, 1.54) is 0 Å². The van der Waals surface area contributed by atoms with Crippen LogP contribution in [0.5, 0.6) is 6.01 Å². The molecule has 3 aromatic rings. The van der Waals surface area contributed by atoms with Crippen molar-refractivity contribution in [3.8, 4) is 6.01 Å². The minimum atomic E-state index is -4.46. The molecule has 0 aliphatic carbocycles. The monoisotopic (exact) mass is 427 g/mol. The topological polar surface area (TPSA) is 76.3 Å². The van der Waals surface area contributed by atoms with Gasteiger partial charge in [-0.3, -0.25) is 0 Å². The standard InChI is InChI=1S/C18H20F3N5O2S/c1-2-11-8-12-15(23-17(24-16(12)29-11)28-7-3-6-27)26-5-4-25-9-13(18(19,20)21)22-14(25)10-26/h8-9,27H,2-7,10H2,1H3. The lowest BCUT2D eigenvalue weighted by atomic mass is 10.2. The number of fused-ring (bicyclic) bond motifs is 2. The summed E-state index contributed by atoms with van der Waals surface area (Å²) in [7, 11) is 0. The van der Waals surface area contributed by atoms with Crippen molar-refractivity contribution in [3.05, 3.63) is 28.7 Å². The molecule has 0 radical (unpaired) electrons. The molecule has 1 aliphatic heterocycles. The Morgan fingerprint density at radius 3 is 2.79 bits per heavy atom. The highest BCUT2D eigenvalue weighted by Crippen LogP contribution is 2.35. The molecule has 0 atom stereocenters. The predicted octanol–water partition coefficient (Wildman–Crippen LogP) is 3.25. The Bertz CT molecular complexity index is 1020. The van der Waals surface area contributed by atoms with Gasteiger partial charge in [0.15, 0.2) is 5.69 Å². The second-order valence-corrected chi connectivity index (χ2v) is 7.81. The molecule has 11 heteroatoms. The number of imidazole rings is 1. The molecule has 0 saturated carbocycles. The number of ether oxygens (including phenoxy) is 1. The number of aliphatic hydroxyl groups is 1. The number of aliphatic hydroxyl groups excluding tert-OH is 1. The molecule has 0 saturated heterocycles. The molecule has 0 aromatic carbocycles. The number of halogens is 3. The highest BCUT2D eigenvalue weighted by molar-refractivity contribution is 7.18. The SMILES string of the molecule is CCc1cc2c(N3CCn4cc(C(F)(F)F)nc4C3)nc(OCCCO)nc2s1. The van der Waals surface area contributed by atoms with E-state index in [1.54, 1.807) is 15.9 Å². The lowest BCUT2D eigenvalue weighted by Crippen LogP contribution is -2.34. The lowest BCUT2D eigenvalue weighted by Gasteiger charge is -2.29. The Balaban J connectivity index is 1.68. The van der Waals surface area contributed by atoms with Crippen LogP contribution in [0.25, 0.3) is 10.2 Å². The molecule has 0 unspecified atom stereocenters. The number of thiophene rings is 1. The van der Waals surface area contributed by atoms with E-state index in [-0.39, 0.29) is 25.8 Å². The Morgan fingerprint density at radius 2 is 2.07 bits per heavy atom. The van der Waals surface area contributed by atoms with E-state index >= 15 is 0 Å². The number of nitrogens with zero attached hydrogens (tertiary/aromatic N) is 5. The summed E-state index contributed by atoms with van der Waals surface area (Å²) in [6.45, 7) is 3.44. The van der Waals surface area contributed by atoms with E-state index in [2.05, 4.69) is 15.0 Å². The van der Waals surface area contributed by atoms with Crippen LogP contribution >= 0.6 is 11.3 Å². The van der Waals surface area contributed by atoms with Gasteiger partial charge in [0, 0.05) is 37.2 Å². The van der Waals surface area contributed by atoms with Gasteiger partial charge in [-0.2, -0.15) is 23.1 Å². The van der Waals surface area contributed by atoms with E-state index in [9.17, 15) is 13.2 Å². The zero-order valence-corrected chi connectivity index (χ0v) is 16.6. The predicted molar refractivity (Wildman–Crippen MR) is 102 cm³/mol. The van der Waals surface area contributed by atoms with Crippen LogP contribution in [0.4, 0.5) is 19.0 Å². The number of hydrogen-bond acceptors (Lipinski definition) is 7. The van der Waals surface area contributed by atoms with Gasteiger partial charge in [0.2, 0.25) is 0 Å². The van der Waals surface area contributed by atoms with E-state index in [4.69, 9.17) is 9.84 Å². The molecule has 29 heavy (non-hydrogen) atoms. The average molecular weight is 427 g/mol. The molecular formula is C18H20F3N5O2S. The second kappa shape index (κ2) is 7.79. The van der Waals surface area contributed by atoms with E-state index in [0.717, 1.165) is 27.7 Å². The Labute approximate surface area is 168 Å². The Kier molecular flexibility index (Phi) is 5.34. The van der Waals surface area contributed by atoms with Crippen LogP contribution < -0.4 is 9.64 Å². The summed E-state index contributed by atoms with van der Waals surface area (Å²) in [5.41, 5.74) is -0.876. The van der Waals surface area contributed by atoms with E-state index in [0.29, 0.717) is 31.2 Å². The second-order valence-electron chi connectivity index (χ2n) is 6.70. The Morgan fingerprint density at radius 1 is 1.24 bits per heavy atom. The fourth-order valence-corrected chi connectivity index (χ4v) is 4.17. The first-order valence-electron chi connectivity index (χ1n) is 9.31. The van der Waals surface area contributed by atoms with Gasteiger partial charge in [0.05, 0.1) is 18.5 Å². The quantitative estimate of drug-likeness (QED) is 0.609. The summed E-state index contributed by atoms with van der Waals surface area (Å²) in [5.74, 6) is 0.983. The van der Waals surface area contributed by atoms with Crippen molar-refractivity contribution in [1.82, 2.24) is 19.5 Å². The highest BCUT2D eigenvalue weighted by atomic mass is 32.1. The molecular weight excluding hydrogens is 407 g/mol. The number of aromatic nitrogens is 4. The van der Waals surface area contributed by atoms with Gasteiger partial charge in [-0.15, -0.1) is 11.3 Å². The molecule has 0 fully saturated rings. The van der Waals surface area contributed by atoms with Crippen molar-refractivity contribution in [3.63, 3.8) is 0 Å². The Hall–Kier alpha value is -2.40. The lowest BCUT2D eigenvalue weighted by molar-refractivity contribution is -0.141. The minimum Gasteiger partial charge on any atom is -0.463 e. The molecule has 0 bridgehead atoms. The van der Waals surface area contributed by atoms with Crippen LogP contribution in [-0.4, -0.2) is 44.4 Å². The van der Waals surface area contributed by atoms with Crippen LogP contribution in [0.15, 0.2) is 12.3 Å². The fourth-order valence-electron chi connectivity index (χ4n) is 3.21. The molecule has 156 valence electrons. The van der Waals surface area contributed by atoms with E-state index in [1.807, 2.05) is 17.9 Å². The minimum absolute atomic E-state index is 0.00437. The van der Waals surface area contributed by atoms with Crippen LogP contribution in [0.2, 0.25) is 0 Å². The normalized spacial score (nSPS) is 14.4. The summed E-state index contributed by atoms with van der Waals surface area (Å²) >= 11 is 1.55. The van der Waals surface area contributed by atoms with Crippen molar-refractivity contribution in [1.29, 1.82) is 0 Å².